The normalized spacial score (nSPS) is 11.1. The lowest BCUT2D eigenvalue weighted by atomic mass is 10.2. The summed E-state index contributed by atoms with van der Waals surface area (Å²) in [5.41, 5.74) is 2.08. The molecule has 0 unspecified atom stereocenters. The van der Waals surface area contributed by atoms with E-state index in [9.17, 15) is 0 Å². The van der Waals surface area contributed by atoms with Gasteiger partial charge in [0.2, 0.25) is 0 Å². The first-order valence-electron chi connectivity index (χ1n) is 5.24. The van der Waals surface area contributed by atoms with Crippen LogP contribution in [0, 0.1) is 0 Å². The summed E-state index contributed by atoms with van der Waals surface area (Å²) in [5, 5.41) is 9.11. The van der Waals surface area contributed by atoms with E-state index in [4.69, 9.17) is 4.74 Å². The minimum Gasteiger partial charge on any atom is -0.475 e. The second kappa shape index (κ2) is 3.48. The van der Waals surface area contributed by atoms with Crippen LogP contribution in [0.5, 0.6) is 5.88 Å². The zero-order valence-corrected chi connectivity index (χ0v) is 8.92. The smallest absolute Gasteiger partial charge is 0.258 e. The lowest BCUT2D eigenvalue weighted by Gasteiger charge is -2.02. The first-order chi connectivity index (χ1) is 7.90. The number of ether oxygens (including phenoxy) is 1. The molecule has 0 atom stereocenters. The number of fused-ring (bicyclic) bond motifs is 3. The predicted molar refractivity (Wildman–Crippen MR) is 61.7 cm³/mol. The Balaban J connectivity index is 2.39. The average molecular weight is 213 g/mol. The molecule has 2 aromatic heterocycles. The summed E-state index contributed by atoms with van der Waals surface area (Å²) >= 11 is 0. The van der Waals surface area contributed by atoms with Crippen LogP contribution in [-0.4, -0.2) is 21.2 Å². The van der Waals surface area contributed by atoms with Crippen molar-refractivity contribution in [1.29, 1.82) is 0 Å². The van der Waals surface area contributed by atoms with Gasteiger partial charge in [-0.25, -0.2) is 0 Å². The molecule has 2 heterocycles. The maximum Gasteiger partial charge on any atom is 0.258 e. The molecule has 4 nitrogen and oxygen atoms in total. The molecular formula is C12H11N3O. The Morgan fingerprint density at radius 3 is 3.00 bits per heavy atom. The number of hydrogen-bond donors (Lipinski definition) is 0. The van der Waals surface area contributed by atoms with E-state index >= 15 is 0 Å². The van der Waals surface area contributed by atoms with Crippen molar-refractivity contribution in [2.24, 2.45) is 0 Å². The highest BCUT2D eigenvalue weighted by molar-refractivity contribution is 5.88. The van der Waals surface area contributed by atoms with Gasteiger partial charge in [-0.15, -0.1) is 10.2 Å². The topological polar surface area (TPSA) is 39.4 Å². The zero-order valence-electron chi connectivity index (χ0n) is 8.92. The second-order valence-electron chi connectivity index (χ2n) is 3.53. The van der Waals surface area contributed by atoms with Crippen molar-refractivity contribution in [1.82, 2.24) is 14.6 Å². The number of para-hydroxylation sites is 1. The van der Waals surface area contributed by atoms with Gasteiger partial charge in [0.25, 0.3) is 5.88 Å². The summed E-state index contributed by atoms with van der Waals surface area (Å²) in [6.07, 6.45) is 1.71. The van der Waals surface area contributed by atoms with Gasteiger partial charge in [0.15, 0.2) is 0 Å². The SMILES string of the molecule is CCOc1nncn2c1cc1ccccc12. The highest BCUT2D eigenvalue weighted by atomic mass is 16.5. The van der Waals surface area contributed by atoms with E-state index in [-0.39, 0.29) is 0 Å². The third kappa shape index (κ3) is 1.23. The zero-order chi connectivity index (χ0) is 11.0. The van der Waals surface area contributed by atoms with Gasteiger partial charge in [0.1, 0.15) is 11.8 Å². The van der Waals surface area contributed by atoms with Crippen molar-refractivity contribution in [3.8, 4) is 5.88 Å². The first-order valence-corrected chi connectivity index (χ1v) is 5.24. The van der Waals surface area contributed by atoms with E-state index in [0.29, 0.717) is 12.5 Å². The van der Waals surface area contributed by atoms with Crippen LogP contribution in [-0.2, 0) is 0 Å². The molecule has 0 N–H and O–H groups in total. The monoisotopic (exact) mass is 213 g/mol. The van der Waals surface area contributed by atoms with Crippen molar-refractivity contribution in [2.75, 3.05) is 6.61 Å². The van der Waals surface area contributed by atoms with Gasteiger partial charge in [0.05, 0.1) is 12.1 Å². The van der Waals surface area contributed by atoms with Gasteiger partial charge in [0, 0.05) is 5.39 Å². The molecule has 0 spiro atoms. The summed E-state index contributed by atoms with van der Waals surface area (Å²) in [7, 11) is 0. The van der Waals surface area contributed by atoms with Gasteiger partial charge >= 0.3 is 0 Å². The minimum absolute atomic E-state index is 0.584. The molecule has 0 saturated heterocycles. The molecule has 80 valence electrons. The Labute approximate surface area is 92.5 Å². The molecule has 3 aromatic rings. The number of aromatic nitrogens is 3. The lowest BCUT2D eigenvalue weighted by molar-refractivity contribution is 0.325. The Kier molecular flexibility index (Phi) is 1.99. The van der Waals surface area contributed by atoms with Crippen LogP contribution in [0.4, 0.5) is 0 Å². The Morgan fingerprint density at radius 1 is 1.25 bits per heavy atom. The number of benzene rings is 1. The summed E-state index contributed by atoms with van der Waals surface area (Å²) in [5.74, 6) is 0.584. The van der Waals surface area contributed by atoms with E-state index in [0.717, 1.165) is 11.0 Å². The van der Waals surface area contributed by atoms with Gasteiger partial charge in [-0.05, 0) is 19.1 Å². The lowest BCUT2D eigenvalue weighted by Crippen LogP contribution is -1.99. The van der Waals surface area contributed by atoms with Crippen molar-refractivity contribution in [2.45, 2.75) is 6.92 Å². The largest absolute Gasteiger partial charge is 0.475 e. The van der Waals surface area contributed by atoms with Crippen LogP contribution < -0.4 is 4.74 Å². The molecule has 4 heteroatoms. The van der Waals surface area contributed by atoms with Gasteiger partial charge in [-0.3, -0.25) is 4.40 Å². The molecular weight excluding hydrogens is 202 g/mol. The fourth-order valence-electron chi connectivity index (χ4n) is 1.89. The van der Waals surface area contributed by atoms with Gasteiger partial charge in [-0.1, -0.05) is 18.2 Å². The van der Waals surface area contributed by atoms with Crippen LogP contribution >= 0.6 is 0 Å². The van der Waals surface area contributed by atoms with Crippen molar-refractivity contribution < 1.29 is 4.74 Å². The number of rotatable bonds is 2. The summed E-state index contributed by atoms with van der Waals surface area (Å²) in [6.45, 7) is 2.53. The van der Waals surface area contributed by atoms with E-state index in [2.05, 4.69) is 28.4 Å². The fourth-order valence-corrected chi connectivity index (χ4v) is 1.89. The van der Waals surface area contributed by atoms with E-state index < -0.39 is 0 Å². The van der Waals surface area contributed by atoms with Gasteiger partial charge in [-0.2, -0.15) is 0 Å². The Hall–Kier alpha value is -2.10. The molecule has 0 aliphatic heterocycles. The Morgan fingerprint density at radius 2 is 2.12 bits per heavy atom. The van der Waals surface area contributed by atoms with Crippen LogP contribution in [0.15, 0.2) is 36.7 Å². The maximum atomic E-state index is 5.45. The van der Waals surface area contributed by atoms with Crippen LogP contribution in [0.3, 0.4) is 0 Å². The standard InChI is InChI=1S/C12H11N3O/c1-2-16-12-11-7-9-5-3-4-6-10(9)15(11)8-13-14-12/h3-8H,2H2,1H3. The first kappa shape index (κ1) is 9.15. The molecule has 1 aromatic carbocycles. The highest BCUT2D eigenvalue weighted by Gasteiger charge is 2.08. The molecule has 16 heavy (non-hydrogen) atoms. The second-order valence-corrected chi connectivity index (χ2v) is 3.53. The van der Waals surface area contributed by atoms with Crippen LogP contribution in [0.25, 0.3) is 16.4 Å². The van der Waals surface area contributed by atoms with Crippen molar-refractivity contribution in [3.05, 3.63) is 36.7 Å². The average Bonchev–Trinajstić information content (AvgIpc) is 2.69. The van der Waals surface area contributed by atoms with Gasteiger partial charge < -0.3 is 4.74 Å². The predicted octanol–water partition coefficient (Wildman–Crippen LogP) is 2.28. The van der Waals surface area contributed by atoms with Crippen molar-refractivity contribution >= 4 is 16.4 Å². The fraction of sp³-hybridized carbons (Fsp3) is 0.167. The summed E-state index contributed by atoms with van der Waals surface area (Å²) in [6, 6.07) is 10.2. The molecule has 3 rings (SSSR count). The van der Waals surface area contributed by atoms with Crippen LogP contribution in [0.2, 0.25) is 0 Å². The van der Waals surface area contributed by atoms with E-state index in [1.54, 1.807) is 6.33 Å². The molecule has 0 fully saturated rings. The van der Waals surface area contributed by atoms with E-state index in [1.807, 2.05) is 23.5 Å². The van der Waals surface area contributed by atoms with Crippen LogP contribution in [0.1, 0.15) is 6.92 Å². The molecule has 0 saturated carbocycles. The highest BCUT2D eigenvalue weighted by Crippen LogP contribution is 2.24. The molecule has 0 bridgehead atoms. The quantitative estimate of drug-likeness (QED) is 0.655. The minimum atomic E-state index is 0.584. The number of hydrogen-bond acceptors (Lipinski definition) is 3. The van der Waals surface area contributed by atoms with E-state index in [1.165, 1.54) is 5.39 Å². The van der Waals surface area contributed by atoms with Crippen molar-refractivity contribution in [3.63, 3.8) is 0 Å². The molecule has 0 aliphatic rings. The third-order valence-electron chi connectivity index (χ3n) is 2.56. The number of nitrogens with zero attached hydrogens (tertiary/aromatic N) is 3. The maximum absolute atomic E-state index is 5.45. The molecule has 0 amide bonds. The summed E-state index contributed by atoms with van der Waals surface area (Å²) < 4.78 is 7.45. The summed E-state index contributed by atoms with van der Waals surface area (Å²) in [4.78, 5) is 0. The third-order valence-corrected chi connectivity index (χ3v) is 2.56. The molecule has 0 radical (unpaired) electrons. The molecule has 0 aliphatic carbocycles. The Bertz CT molecular complexity index is 645.